The zero-order valence-electron chi connectivity index (χ0n) is 8.37. The van der Waals surface area contributed by atoms with Gasteiger partial charge in [0.15, 0.2) is 0 Å². The summed E-state index contributed by atoms with van der Waals surface area (Å²) < 4.78 is 0. The molecule has 0 spiro atoms. The van der Waals surface area contributed by atoms with E-state index in [9.17, 15) is 0 Å². The number of hydrogen-bond donors (Lipinski definition) is 1. The van der Waals surface area contributed by atoms with Crippen molar-refractivity contribution >= 4 is 17.4 Å². The van der Waals surface area contributed by atoms with Gasteiger partial charge in [-0.25, -0.2) is 4.98 Å². The summed E-state index contributed by atoms with van der Waals surface area (Å²) >= 11 is 5.85. The van der Waals surface area contributed by atoms with Crippen LogP contribution in [0, 0.1) is 6.92 Å². The quantitative estimate of drug-likeness (QED) is 0.746. The van der Waals surface area contributed by atoms with E-state index in [1.807, 2.05) is 24.3 Å². The van der Waals surface area contributed by atoms with Gasteiger partial charge in [0.2, 0.25) is 0 Å². The van der Waals surface area contributed by atoms with Crippen LogP contribution in [0.25, 0.3) is 11.1 Å². The third-order valence-electron chi connectivity index (χ3n) is 2.17. The number of anilines is 1. The van der Waals surface area contributed by atoms with Crippen LogP contribution in [-0.2, 0) is 0 Å². The van der Waals surface area contributed by atoms with Crippen molar-refractivity contribution in [2.45, 2.75) is 6.92 Å². The summed E-state index contributed by atoms with van der Waals surface area (Å²) in [6.45, 7) is 2.05. The predicted octanol–water partition coefficient (Wildman–Crippen LogP) is 3.29. The van der Waals surface area contributed by atoms with E-state index in [4.69, 9.17) is 17.3 Å². The first-order chi connectivity index (χ1) is 7.15. The van der Waals surface area contributed by atoms with E-state index in [0.717, 1.165) is 11.1 Å². The highest BCUT2D eigenvalue weighted by Gasteiger charge is 2.01. The average molecular weight is 219 g/mol. The zero-order chi connectivity index (χ0) is 10.8. The number of nitrogen functional groups attached to an aromatic ring is 1. The van der Waals surface area contributed by atoms with Gasteiger partial charge in [-0.1, -0.05) is 41.4 Å². The number of nitrogens with zero attached hydrogens (tertiary/aromatic N) is 1. The number of halogens is 1. The van der Waals surface area contributed by atoms with Gasteiger partial charge >= 0.3 is 0 Å². The van der Waals surface area contributed by atoms with Crippen molar-refractivity contribution in [3.8, 4) is 11.1 Å². The molecule has 0 saturated heterocycles. The minimum atomic E-state index is 0.423. The Labute approximate surface area is 93.7 Å². The van der Waals surface area contributed by atoms with Gasteiger partial charge in [-0.3, -0.25) is 0 Å². The molecule has 1 heterocycles. The smallest absolute Gasteiger partial charge is 0.132 e. The Morgan fingerprint density at radius 2 is 1.93 bits per heavy atom. The molecule has 0 saturated carbocycles. The van der Waals surface area contributed by atoms with E-state index in [1.54, 1.807) is 0 Å². The zero-order valence-corrected chi connectivity index (χ0v) is 9.12. The predicted molar refractivity (Wildman–Crippen MR) is 63.8 cm³/mol. The van der Waals surface area contributed by atoms with Crippen molar-refractivity contribution in [2.24, 2.45) is 0 Å². The maximum absolute atomic E-state index is 5.85. The molecule has 0 aliphatic rings. The van der Waals surface area contributed by atoms with E-state index >= 15 is 0 Å². The van der Waals surface area contributed by atoms with E-state index in [0.29, 0.717) is 11.0 Å². The summed E-state index contributed by atoms with van der Waals surface area (Å²) in [5, 5.41) is 0.423. The Bertz CT molecular complexity index is 474. The molecule has 2 aromatic rings. The van der Waals surface area contributed by atoms with Crippen LogP contribution in [0.1, 0.15) is 5.56 Å². The molecule has 2 rings (SSSR count). The molecule has 1 aromatic carbocycles. The Hall–Kier alpha value is -1.54. The minimum absolute atomic E-state index is 0.423. The number of rotatable bonds is 1. The van der Waals surface area contributed by atoms with Crippen LogP contribution in [0.15, 0.2) is 36.4 Å². The molecule has 0 aliphatic carbocycles. The Kier molecular flexibility index (Phi) is 2.60. The summed E-state index contributed by atoms with van der Waals surface area (Å²) in [4.78, 5) is 3.93. The van der Waals surface area contributed by atoms with Crippen LogP contribution in [0.4, 0.5) is 5.82 Å². The van der Waals surface area contributed by atoms with Crippen LogP contribution in [0.3, 0.4) is 0 Å². The maximum atomic E-state index is 5.85. The molecule has 2 nitrogen and oxygen atoms in total. The fourth-order valence-electron chi connectivity index (χ4n) is 1.51. The Morgan fingerprint density at radius 3 is 2.60 bits per heavy atom. The second-order valence-electron chi connectivity index (χ2n) is 3.47. The van der Waals surface area contributed by atoms with Gasteiger partial charge < -0.3 is 5.73 Å². The van der Waals surface area contributed by atoms with Crippen molar-refractivity contribution in [3.05, 3.63) is 47.1 Å². The van der Waals surface area contributed by atoms with Crippen LogP contribution >= 0.6 is 11.6 Å². The number of hydrogen-bond acceptors (Lipinski definition) is 2. The van der Waals surface area contributed by atoms with Crippen LogP contribution in [0.5, 0.6) is 0 Å². The number of aromatic nitrogens is 1. The standard InChI is InChI=1S/C12H11ClN2/c1-8-3-2-4-9(5-8)10-6-11(13)15-12(14)7-10/h2-7H,1H3,(H2,14,15). The second-order valence-corrected chi connectivity index (χ2v) is 3.86. The fourth-order valence-corrected chi connectivity index (χ4v) is 1.72. The molecule has 0 fully saturated rings. The topological polar surface area (TPSA) is 38.9 Å². The van der Waals surface area contributed by atoms with Crippen molar-refractivity contribution < 1.29 is 0 Å². The maximum Gasteiger partial charge on any atom is 0.132 e. The number of nitrogens with two attached hydrogens (primary N) is 1. The van der Waals surface area contributed by atoms with Crippen molar-refractivity contribution in [1.29, 1.82) is 0 Å². The van der Waals surface area contributed by atoms with Crippen molar-refractivity contribution in [3.63, 3.8) is 0 Å². The molecule has 3 heteroatoms. The van der Waals surface area contributed by atoms with Crippen molar-refractivity contribution in [1.82, 2.24) is 4.98 Å². The number of aryl methyl sites for hydroxylation is 1. The van der Waals surface area contributed by atoms with E-state index < -0.39 is 0 Å². The third kappa shape index (κ3) is 2.28. The highest BCUT2D eigenvalue weighted by atomic mass is 35.5. The van der Waals surface area contributed by atoms with E-state index in [-0.39, 0.29) is 0 Å². The van der Waals surface area contributed by atoms with Crippen LogP contribution in [-0.4, -0.2) is 4.98 Å². The Balaban J connectivity index is 2.54. The number of benzene rings is 1. The average Bonchev–Trinajstić information content (AvgIpc) is 2.16. The first kappa shape index (κ1) is 9.99. The molecule has 2 N–H and O–H groups in total. The lowest BCUT2D eigenvalue weighted by atomic mass is 10.0. The summed E-state index contributed by atoms with van der Waals surface area (Å²) in [7, 11) is 0. The van der Waals surface area contributed by atoms with E-state index in [1.165, 1.54) is 5.56 Å². The first-order valence-corrected chi connectivity index (χ1v) is 5.03. The van der Waals surface area contributed by atoms with E-state index in [2.05, 4.69) is 24.0 Å². The van der Waals surface area contributed by atoms with Crippen molar-refractivity contribution in [2.75, 3.05) is 5.73 Å². The lowest BCUT2D eigenvalue weighted by molar-refractivity contribution is 1.33. The molecule has 15 heavy (non-hydrogen) atoms. The van der Waals surface area contributed by atoms with Crippen LogP contribution < -0.4 is 5.73 Å². The number of pyridine rings is 1. The molecular formula is C12H11ClN2. The highest BCUT2D eigenvalue weighted by Crippen LogP contribution is 2.24. The molecule has 0 amide bonds. The highest BCUT2D eigenvalue weighted by molar-refractivity contribution is 6.29. The van der Waals surface area contributed by atoms with Gasteiger partial charge in [-0.2, -0.15) is 0 Å². The summed E-state index contributed by atoms with van der Waals surface area (Å²) in [5.74, 6) is 0.444. The summed E-state index contributed by atoms with van der Waals surface area (Å²) in [5.41, 5.74) is 8.95. The van der Waals surface area contributed by atoms with Gasteiger partial charge in [0, 0.05) is 0 Å². The van der Waals surface area contributed by atoms with Gasteiger partial charge in [-0.15, -0.1) is 0 Å². The molecule has 0 atom stereocenters. The normalized spacial score (nSPS) is 10.3. The molecule has 0 bridgehead atoms. The molecular weight excluding hydrogens is 208 g/mol. The second kappa shape index (κ2) is 3.91. The minimum Gasteiger partial charge on any atom is -0.384 e. The lowest BCUT2D eigenvalue weighted by Gasteiger charge is -2.04. The van der Waals surface area contributed by atoms with Gasteiger partial charge in [-0.05, 0) is 30.2 Å². The fraction of sp³-hybridized carbons (Fsp3) is 0.0833. The summed E-state index contributed by atoms with van der Waals surface area (Å²) in [6, 6.07) is 11.8. The molecule has 1 aromatic heterocycles. The Morgan fingerprint density at radius 1 is 1.13 bits per heavy atom. The first-order valence-electron chi connectivity index (χ1n) is 4.65. The van der Waals surface area contributed by atoms with Gasteiger partial charge in [0.05, 0.1) is 0 Å². The molecule has 0 radical (unpaired) electrons. The van der Waals surface area contributed by atoms with Gasteiger partial charge in [0.25, 0.3) is 0 Å². The third-order valence-corrected chi connectivity index (χ3v) is 2.36. The van der Waals surface area contributed by atoms with Crippen LogP contribution in [0.2, 0.25) is 5.15 Å². The molecule has 76 valence electrons. The SMILES string of the molecule is Cc1cccc(-c2cc(N)nc(Cl)c2)c1. The monoisotopic (exact) mass is 218 g/mol. The summed E-state index contributed by atoms with van der Waals surface area (Å²) in [6.07, 6.45) is 0. The molecule has 0 unspecified atom stereocenters. The largest absolute Gasteiger partial charge is 0.384 e. The van der Waals surface area contributed by atoms with Gasteiger partial charge in [0.1, 0.15) is 11.0 Å². The molecule has 0 aliphatic heterocycles. The lowest BCUT2D eigenvalue weighted by Crippen LogP contribution is -1.91.